The second-order valence-electron chi connectivity index (χ2n) is 6.61. The Kier molecular flexibility index (Phi) is 6.90. The van der Waals surface area contributed by atoms with Crippen molar-refractivity contribution in [2.75, 3.05) is 12.0 Å². The number of pyridine rings is 1. The zero-order valence-corrected chi connectivity index (χ0v) is 18.8. The molecule has 0 amide bonds. The fourth-order valence-corrected chi connectivity index (χ4v) is 6.71. The molecule has 4 rings (SSSR count). The van der Waals surface area contributed by atoms with Crippen molar-refractivity contribution in [3.05, 3.63) is 78.0 Å². The van der Waals surface area contributed by atoms with Crippen LogP contribution in [0.15, 0.2) is 70.6 Å². The first-order valence-corrected chi connectivity index (χ1v) is 12.7. The number of furan rings is 1. The molecule has 3 aromatic heterocycles. The molecule has 0 aliphatic heterocycles. The molecule has 0 aliphatic rings. The summed E-state index contributed by atoms with van der Waals surface area (Å²) in [5, 5.41) is 1.31. The highest BCUT2D eigenvalue weighted by Gasteiger charge is 2.21. The molecule has 0 saturated heterocycles. The highest BCUT2D eigenvalue weighted by molar-refractivity contribution is 8.16. The molecule has 29 heavy (non-hydrogen) atoms. The summed E-state index contributed by atoms with van der Waals surface area (Å²) >= 11 is 5.50. The number of thioether (sulfide) groups is 3. The average Bonchev–Trinajstić information content (AvgIpc) is 3.40. The van der Waals surface area contributed by atoms with Crippen LogP contribution >= 0.6 is 35.3 Å². The maximum atomic E-state index is 5.61. The van der Waals surface area contributed by atoms with Crippen LogP contribution in [0.3, 0.4) is 0 Å². The maximum absolute atomic E-state index is 5.61. The lowest BCUT2D eigenvalue weighted by Gasteiger charge is -2.18. The molecule has 0 aliphatic carbocycles. The summed E-state index contributed by atoms with van der Waals surface area (Å²) in [4.78, 5) is 12.9. The number of hydrogen-bond donors (Lipinski definition) is 1. The van der Waals surface area contributed by atoms with Crippen LogP contribution < -0.4 is 0 Å². The Morgan fingerprint density at radius 3 is 2.76 bits per heavy atom. The van der Waals surface area contributed by atoms with Gasteiger partial charge in [-0.15, -0.1) is 11.8 Å². The molecular formula is C22H23N3OS3. The number of nitrogens with one attached hydrogen (secondary N) is 1. The lowest BCUT2D eigenvalue weighted by Crippen LogP contribution is -2.00. The standard InChI is InChI=1S/C22H23N3OS3/c1-15-7-5-12-23-20(15)21(28-14-11-19(27-2)18-10-6-13-26-18)29-22-24-16-8-3-4-9-17(16)25-22/h3-10,12-13,19,21H,11,14H2,1-2H3,(H,24,25). The third kappa shape index (κ3) is 5.02. The second kappa shape index (κ2) is 9.78. The van der Waals surface area contributed by atoms with E-state index in [1.54, 1.807) is 18.0 Å². The van der Waals surface area contributed by atoms with Crippen molar-refractivity contribution >= 4 is 46.3 Å². The summed E-state index contributed by atoms with van der Waals surface area (Å²) in [6, 6.07) is 16.3. The van der Waals surface area contributed by atoms with Gasteiger partial charge in [-0.2, -0.15) is 11.8 Å². The molecule has 2 atom stereocenters. The number of para-hydroxylation sites is 2. The Morgan fingerprint density at radius 2 is 2.00 bits per heavy atom. The van der Waals surface area contributed by atoms with Crippen LogP contribution in [0.1, 0.15) is 33.3 Å². The average molecular weight is 442 g/mol. The first-order valence-electron chi connectivity index (χ1n) is 9.45. The summed E-state index contributed by atoms with van der Waals surface area (Å²) in [6.07, 6.45) is 6.82. The number of aromatic amines is 1. The van der Waals surface area contributed by atoms with Crippen LogP contribution in [0.4, 0.5) is 0 Å². The molecule has 1 aromatic carbocycles. The molecule has 4 aromatic rings. The van der Waals surface area contributed by atoms with E-state index in [1.165, 1.54) is 5.56 Å². The van der Waals surface area contributed by atoms with Crippen molar-refractivity contribution in [2.24, 2.45) is 0 Å². The molecule has 4 nitrogen and oxygen atoms in total. The normalized spacial score (nSPS) is 13.6. The fourth-order valence-electron chi connectivity index (χ4n) is 3.13. The van der Waals surface area contributed by atoms with Crippen LogP contribution in [-0.4, -0.2) is 27.0 Å². The molecule has 150 valence electrons. The van der Waals surface area contributed by atoms with Gasteiger partial charge in [-0.05, 0) is 61.2 Å². The highest BCUT2D eigenvalue weighted by atomic mass is 32.2. The van der Waals surface area contributed by atoms with Gasteiger partial charge < -0.3 is 9.40 Å². The van der Waals surface area contributed by atoms with Gasteiger partial charge in [0.2, 0.25) is 0 Å². The molecular weight excluding hydrogens is 418 g/mol. The SMILES string of the molecule is CSC(CCSC(Sc1nc2ccccc2[nH]1)c1ncccc1C)c1ccco1. The van der Waals surface area contributed by atoms with E-state index in [0.29, 0.717) is 5.25 Å². The summed E-state index contributed by atoms with van der Waals surface area (Å²) in [5.74, 6) is 2.06. The number of benzene rings is 1. The molecule has 1 N–H and O–H groups in total. The quantitative estimate of drug-likeness (QED) is 0.226. The molecule has 3 heterocycles. The van der Waals surface area contributed by atoms with E-state index >= 15 is 0 Å². The van der Waals surface area contributed by atoms with E-state index < -0.39 is 0 Å². The van der Waals surface area contributed by atoms with Crippen molar-refractivity contribution in [1.82, 2.24) is 15.0 Å². The zero-order valence-electron chi connectivity index (χ0n) is 16.4. The Balaban J connectivity index is 1.50. The fraction of sp³-hybridized carbons (Fsp3) is 0.273. The number of aryl methyl sites for hydroxylation is 1. The molecule has 0 radical (unpaired) electrons. The molecule has 0 spiro atoms. The largest absolute Gasteiger partial charge is 0.468 e. The van der Waals surface area contributed by atoms with Crippen molar-refractivity contribution < 1.29 is 4.42 Å². The summed E-state index contributed by atoms with van der Waals surface area (Å²) < 4.78 is 5.79. The summed E-state index contributed by atoms with van der Waals surface area (Å²) in [6.45, 7) is 2.13. The van der Waals surface area contributed by atoms with Gasteiger partial charge in [0.15, 0.2) is 5.16 Å². The molecule has 2 unspecified atom stereocenters. The van der Waals surface area contributed by atoms with Crippen LogP contribution in [-0.2, 0) is 0 Å². The van der Waals surface area contributed by atoms with Gasteiger partial charge in [0.1, 0.15) is 10.3 Å². The van der Waals surface area contributed by atoms with Crippen LogP contribution in [0.5, 0.6) is 0 Å². The number of rotatable bonds is 9. The maximum Gasteiger partial charge on any atom is 0.167 e. The summed E-state index contributed by atoms with van der Waals surface area (Å²) in [5.41, 5.74) is 4.39. The van der Waals surface area contributed by atoms with Gasteiger partial charge in [-0.3, -0.25) is 4.98 Å². The number of H-pyrrole nitrogens is 1. The van der Waals surface area contributed by atoms with Gasteiger partial charge in [0.05, 0.1) is 28.2 Å². The first kappa shape index (κ1) is 20.4. The van der Waals surface area contributed by atoms with E-state index in [9.17, 15) is 0 Å². The third-order valence-electron chi connectivity index (χ3n) is 4.65. The predicted molar refractivity (Wildman–Crippen MR) is 126 cm³/mol. The van der Waals surface area contributed by atoms with Crippen LogP contribution in [0.2, 0.25) is 0 Å². The molecule has 0 bridgehead atoms. The van der Waals surface area contributed by atoms with Crippen molar-refractivity contribution in [3.63, 3.8) is 0 Å². The topological polar surface area (TPSA) is 54.7 Å². The lowest BCUT2D eigenvalue weighted by molar-refractivity contribution is 0.503. The van der Waals surface area contributed by atoms with E-state index in [1.807, 2.05) is 60.1 Å². The second-order valence-corrected chi connectivity index (χ2v) is 10.3. The minimum atomic E-state index is 0.177. The number of imidazole rings is 1. The molecule has 0 saturated carbocycles. The van der Waals surface area contributed by atoms with Crippen molar-refractivity contribution in [2.45, 2.75) is 28.3 Å². The van der Waals surface area contributed by atoms with Crippen LogP contribution in [0.25, 0.3) is 11.0 Å². The number of aromatic nitrogens is 3. The monoisotopic (exact) mass is 441 g/mol. The van der Waals surface area contributed by atoms with E-state index in [2.05, 4.69) is 41.3 Å². The van der Waals surface area contributed by atoms with E-state index in [0.717, 1.165) is 39.8 Å². The van der Waals surface area contributed by atoms with E-state index in [4.69, 9.17) is 9.40 Å². The number of fused-ring (bicyclic) bond motifs is 1. The Hall–Kier alpha value is -1.83. The van der Waals surface area contributed by atoms with Gasteiger partial charge in [0.25, 0.3) is 0 Å². The van der Waals surface area contributed by atoms with Crippen LogP contribution in [0, 0.1) is 6.92 Å². The van der Waals surface area contributed by atoms with Gasteiger partial charge in [0, 0.05) is 6.20 Å². The Bertz CT molecular complexity index is 1020. The molecule has 7 heteroatoms. The lowest BCUT2D eigenvalue weighted by atomic mass is 10.2. The zero-order chi connectivity index (χ0) is 20.1. The van der Waals surface area contributed by atoms with E-state index in [-0.39, 0.29) is 4.58 Å². The van der Waals surface area contributed by atoms with Gasteiger partial charge in [-0.25, -0.2) is 4.98 Å². The summed E-state index contributed by atoms with van der Waals surface area (Å²) in [7, 11) is 0. The minimum absolute atomic E-state index is 0.177. The minimum Gasteiger partial charge on any atom is -0.468 e. The first-order chi connectivity index (χ1) is 14.2. The van der Waals surface area contributed by atoms with Crippen molar-refractivity contribution in [3.8, 4) is 0 Å². The van der Waals surface area contributed by atoms with Crippen molar-refractivity contribution in [1.29, 1.82) is 0 Å². The smallest absolute Gasteiger partial charge is 0.167 e. The highest BCUT2D eigenvalue weighted by Crippen LogP contribution is 2.44. The van der Waals surface area contributed by atoms with Gasteiger partial charge in [-0.1, -0.05) is 30.0 Å². The molecule has 0 fully saturated rings. The Morgan fingerprint density at radius 1 is 1.10 bits per heavy atom. The number of hydrogen-bond acceptors (Lipinski definition) is 6. The van der Waals surface area contributed by atoms with Gasteiger partial charge >= 0.3 is 0 Å². The number of nitrogens with zero attached hydrogens (tertiary/aromatic N) is 2. The predicted octanol–water partition coefficient (Wildman–Crippen LogP) is 6.88. The third-order valence-corrected chi connectivity index (χ3v) is 8.24. The Labute approximate surface area is 183 Å².